The predicted octanol–water partition coefficient (Wildman–Crippen LogP) is 0.672. The van der Waals surface area contributed by atoms with Crippen molar-refractivity contribution >= 4 is 22.3 Å². The summed E-state index contributed by atoms with van der Waals surface area (Å²) in [5, 5.41) is 2.70. The van der Waals surface area contributed by atoms with Gasteiger partial charge in [-0.1, -0.05) is 0 Å². The maximum absolute atomic E-state index is 12.7. The number of sulfonamides is 1. The first-order chi connectivity index (χ1) is 12.5. The third-order valence-electron chi connectivity index (χ3n) is 4.18. The average molecular weight is 377 g/mol. The third-order valence-corrected chi connectivity index (χ3v) is 6.09. The zero-order chi connectivity index (χ0) is 18.6. The molecule has 1 saturated heterocycles. The molecule has 0 unspecified atom stereocenters. The van der Waals surface area contributed by atoms with Crippen molar-refractivity contribution in [1.82, 2.24) is 14.5 Å². The highest BCUT2D eigenvalue weighted by Crippen LogP contribution is 2.18. The first kappa shape index (κ1) is 18.2. The minimum absolute atomic E-state index is 0.125. The molecule has 0 radical (unpaired) electrons. The van der Waals surface area contributed by atoms with E-state index in [1.807, 2.05) is 0 Å². The first-order valence-corrected chi connectivity index (χ1v) is 9.55. The van der Waals surface area contributed by atoms with Crippen LogP contribution in [0.3, 0.4) is 0 Å². The lowest BCUT2D eigenvalue weighted by Crippen LogP contribution is -2.47. The maximum atomic E-state index is 12.7. The van der Waals surface area contributed by atoms with Crippen molar-refractivity contribution in [2.24, 2.45) is 0 Å². The molecule has 2 heterocycles. The molecule has 0 atom stereocenters. The lowest BCUT2D eigenvalue weighted by molar-refractivity contribution is -0.119. The molecule has 0 aliphatic carbocycles. The van der Waals surface area contributed by atoms with Gasteiger partial charge < -0.3 is 14.6 Å². The average Bonchev–Trinajstić information content (AvgIpc) is 3.20. The quantitative estimate of drug-likeness (QED) is 0.746. The van der Waals surface area contributed by atoms with Gasteiger partial charge in [0, 0.05) is 31.7 Å². The molecule has 0 bridgehead atoms. The van der Waals surface area contributed by atoms with Crippen LogP contribution in [0.25, 0.3) is 0 Å². The van der Waals surface area contributed by atoms with Gasteiger partial charge in [0.1, 0.15) is 5.76 Å². The van der Waals surface area contributed by atoms with Crippen LogP contribution in [0.15, 0.2) is 52.0 Å². The molecule has 3 rings (SSSR count). The monoisotopic (exact) mass is 377 g/mol. The Labute approximate surface area is 151 Å². The number of furan rings is 1. The van der Waals surface area contributed by atoms with Crippen LogP contribution in [0.4, 0.5) is 0 Å². The second kappa shape index (κ2) is 7.71. The summed E-state index contributed by atoms with van der Waals surface area (Å²) in [7, 11) is -3.64. The lowest BCUT2D eigenvalue weighted by atomic mass is 10.2. The highest BCUT2D eigenvalue weighted by Gasteiger charge is 2.28. The fourth-order valence-corrected chi connectivity index (χ4v) is 4.08. The molecule has 0 saturated carbocycles. The van der Waals surface area contributed by atoms with Crippen LogP contribution in [0.2, 0.25) is 0 Å². The number of hydrogen-bond acceptors (Lipinski definition) is 5. The number of nitrogens with zero attached hydrogens (tertiary/aromatic N) is 2. The zero-order valence-corrected chi connectivity index (χ0v) is 14.8. The number of nitrogens with one attached hydrogen (secondary N) is 1. The minimum Gasteiger partial charge on any atom is -0.467 e. The van der Waals surface area contributed by atoms with E-state index in [1.54, 1.807) is 17.0 Å². The van der Waals surface area contributed by atoms with Gasteiger partial charge in [0.05, 0.1) is 17.7 Å². The van der Waals surface area contributed by atoms with Crippen molar-refractivity contribution in [3.8, 4) is 0 Å². The van der Waals surface area contributed by atoms with Gasteiger partial charge in [-0.15, -0.1) is 0 Å². The van der Waals surface area contributed by atoms with Crippen LogP contribution in [-0.4, -0.2) is 56.1 Å². The second-order valence-electron chi connectivity index (χ2n) is 5.83. The summed E-state index contributed by atoms with van der Waals surface area (Å²) in [6.07, 6.45) is 2.25. The van der Waals surface area contributed by atoms with Gasteiger partial charge in [0.2, 0.25) is 16.4 Å². The van der Waals surface area contributed by atoms with Gasteiger partial charge in [-0.25, -0.2) is 8.42 Å². The molecular formula is C17H19N3O5S. The second-order valence-corrected chi connectivity index (χ2v) is 7.77. The van der Waals surface area contributed by atoms with Crippen molar-refractivity contribution in [2.75, 3.05) is 26.2 Å². The Morgan fingerprint density at radius 1 is 1.12 bits per heavy atom. The third kappa shape index (κ3) is 3.94. The van der Waals surface area contributed by atoms with Gasteiger partial charge in [0.15, 0.2) is 0 Å². The van der Waals surface area contributed by atoms with Crippen LogP contribution in [0.1, 0.15) is 16.1 Å². The molecule has 1 aliphatic heterocycles. The summed E-state index contributed by atoms with van der Waals surface area (Å²) in [6, 6.07) is 9.28. The Bertz CT molecular complexity index is 854. The Kier molecular flexibility index (Phi) is 5.38. The van der Waals surface area contributed by atoms with Crippen LogP contribution in [0.5, 0.6) is 0 Å². The van der Waals surface area contributed by atoms with Crippen molar-refractivity contribution in [2.45, 2.75) is 11.4 Å². The molecule has 8 nitrogen and oxygen atoms in total. The molecule has 2 aromatic rings. The van der Waals surface area contributed by atoms with E-state index in [4.69, 9.17) is 4.42 Å². The largest absolute Gasteiger partial charge is 0.467 e. The van der Waals surface area contributed by atoms with Crippen LogP contribution in [0, 0.1) is 0 Å². The first-order valence-electron chi connectivity index (χ1n) is 8.11. The van der Waals surface area contributed by atoms with Crippen LogP contribution >= 0.6 is 0 Å². The highest BCUT2D eigenvalue weighted by molar-refractivity contribution is 7.89. The van der Waals surface area contributed by atoms with Gasteiger partial charge in [-0.3, -0.25) is 9.59 Å². The number of carbonyl (C=O) groups excluding carboxylic acids is 2. The summed E-state index contributed by atoms with van der Waals surface area (Å²) < 4.78 is 31.8. The van der Waals surface area contributed by atoms with E-state index in [0.29, 0.717) is 24.4 Å². The zero-order valence-electron chi connectivity index (χ0n) is 14.0. The number of benzene rings is 1. The number of hydrogen-bond donors (Lipinski definition) is 1. The molecule has 0 spiro atoms. The molecule has 2 amide bonds. The van der Waals surface area contributed by atoms with Crippen molar-refractivity contribution in [3.05, 3.63) is 54.0 Å². The molecule has 1 aliphatic rings. The number of rotatable bonds is 6. The maximum Gasteiger partial charge on any atom is 0.251 e. The Morgan fingerprint density at radius 2 is 1.81 bits per heavy atom. The topological polar surface area (TPSA) is 99.9 Å². The molecule has 1 fully saturated rings. The fourth-order valence-electron chi connectivity index (χ4n) is 2.66. The van der Waals surface area contributed by atoms with E-state index in [0.717, 1.165) is 6.41 Å². The molecular weight excluding hydrogens is 358 g/mol. The summed E-state index contributed by atoms with van der Waals surface area (Å²) >= 11 is 0. The van der Waals surface area contributed by atoms with Gasteiger partial charge in [0.25, 0.3) is 5.91 Å². The van der Waals surface area contributed by atoms with E-state index >= 15 is 0 Å². The lowest BCUT2D eigenvalue weighted by Gasteiger charge is -2.31. The van der Waals surface area contributed by atoms with Crippen LogP contribution in [-0.2, 0) is 21.4 Å². The SMILES string of the molecule is O=CN1CCN(S(=O)(=O)c2ccc(C(=O)NCc3ccco3)cc2)CC1. The normalized spacial score (nSPS) is 15.6. The summed E-state index contributed by atoms with van der Waals surface area (Å²) in [5.74, 6) is 0.317. The standard InChI is InChI=1S/C17H19N3O5S/c21-13-19-7-9-20(10-8-19)26(23,24)16-5-3-14(4-6-16)17(22)18-12-15-2-1-11-25-15/h1-6,11,13H,7-10,12H2,(H,18,22). The highest BCUT2D eigenvalue weighted by atomic mass is 32.2. The molecule has 138 valence electrons. The Balaban J connectivity index is 1.64. The van der Waals surface area contributed by atoms with E-state index in [9.17, 15) is 18.0 Å². The van der Waals surface area contributed by atoms with Crippen molar-refractivity contribution < 1.29 is 22.4 Å². The van der Waals surface area contributed by atoms with E-state index in [1.165, 1.54) is 34.8 Å². The van der Waals surface area contributed by atoms with Gasteiger partial charge in [-0.2, -0.15) is 4.31 Å². The molecule has 1 aromatic carbocycles. The minimum atomic E-state index is -3.64. The van der Waals surface area contributed by atoms with Crippen molar-refractivity contribution in [3.63, 3.8) is 0 Å². The number of carbonyl (C=O) groups is 2. The fraction of sp³-hybridized carbons (Fsp3) is 0.294. The summed E-state index contributed by atoms with van der Waals surface area (Å²) in [6.45, 7) is 1.51. The molecule has 1 N–H and O–H groups in total. The Morgan fingerprint density at radius 3 is 2.38 bits per heavy atom. The van der Waals surface area contributed by atoms with Gasteiger partial charge >= 0.3 is 0 Å². The van der Waals surface area contributed by atoms with E-state index < -0.39 is 10.0 Å². The smallest absolute Gasteiger partial charge is 0.251 e. The number of amides is 2. The predicted molar refractivity (Wildman–Crippen MR) is 92.7 cm³/mol. The van der Waals surface area contributed by atoms with Crippen LogP contribution < -0.4 is 5.32 Å². The number of piperazine rings is 1. The van der Waals surface area contributed by atoms with Crippen molar-refractivity contribution in [1.29, 1.82) is 0 Å². The summed E-state index contributed by atoms with van der Waals surface area (Å²) in [4.78, 5) is 24.5. The molecule has 26 heavy (non-hydrogen) atoms. The van der Waals surface area contributed by atoms with Gasteiger partial charge in [-0.05, 0) is 36.4 Å². The van der Waals surface area contributed by atoms with E-state index in [-0.39, 0.29) is 30.4 Å². The molecule has 9 heteroatoms. The summed E-state index contributed by atoms with van der Waals surface area (Å²) in [5.41, 5.74) is 0.362. The molecule has 1 aromatic heterocycles. The Hall–Kier alpha value is -2.65. The van der Waals surface area contributed by atoms with E-state index in [2.05, 4.69) is 5.32 Å².